The molecule has 1 rings (SSSR count). The molecule has 2 N–H and O–H groups in total. The molecule has 0 saturated heterocycles. The monoisotopic (exact) mass is 212 g/mol. The molecular formula is C12H24N2O. The first-order valence-corrected chi connectivity index (χ1v) is 5.95. The number of amides is 1. The lowest BCUT2D eigenvalue weighted by Gasteiger charge is -2.12. The van der Waals surface area contributed by atoms with Crippen molar-refractivity contribution >= 4 is 5.91 Å². The number of hydrogen-bond donors (Lipinski definition) is 2. The van der Waals surface area contributed by atoms with Crippen LogP contribution < -0.4 is 10.6 Å². The summed E-state index contributed by atoms with van der Waals surface area (Å²) in [5.74, 6) is 0.863. The Morgan fingerprint density at radius 3 is 2.60 bits per heavy atom. The average molecular weight is 212 g/mol. The third-order valence-electron chi connectivity index (χ3n) is 3.31. The Morgan fingerprint density at radius 1 is 1.53 bits per heavy atom. The van der Waals surface area contributed by atoms with E-state index in [4.69, 9.17) is 0 Å². The third kappa shape index (κ3) is 4.20. The summed E-state index contributed by atoms with van der Waals surface area (Å²) in [6.07, 6.45) is 1.83. The van der Waals surface area contributed by atoms with Crippen LogP contribution in [0.2, 0.25) is 0 Å². The number of carbonyl (C=O) groups excluding carboxylic acids is 1. The normalized spacial score (nSPS) is 24.7. The van der Waals surface area contributed by atoms with E-state index >= 15 is 0 Å². The van der Waals surface area contributed by atoms with E-state index in [2.05, 4.69) is 31.4 Å². The highest BCUT2D eigenvalue weighted by Gasteiger charge is 2.45. The maximum absolute atomic E-state index is 11.5. The summed E-state index contributed by atoms with van der Waals surface area (Å²) in [4.78, 5) is 11.5. The van der Waals surface area contributed by atoms with Crippen LogP contribution in [0, 0.1) is 11.3 Å². The van der Waals surface area contributed by atoms with Gasteiger partial charge >= 0.3 is 0 Å². The van der Waals surface area contributed by atoms with Gasteiger partial charge in [-0.05, 0) is 31.2 Å². The summed E-state index contributed by atoms with van der Waals surface area (Å²) < 4.78 is 0. The minimum Gasteiger partial charge on any atom is -0.356 e. The van der Waals surface area contributed by atoms with E-state index in [9.17, 15) is 4.79 Å². The zero-order valence-corrected chi connectivity index (χ0v) is 10.4. The predicted octanol–water partition coefficient (Wildman–Crippen LogP) is 1.54. The van der Waals surface area contributed by atoms with Gasteiger partial charge in [-0.25, -0.2) is 0 Å². The number of hydrogen-bond acceptors (Lipinski definition) is 2. The molecule has 3 heteroatoms. The fraction of sp³-hybridized carbons (Fsp3) is 0.917. The molecule has 0 aromatic carbocycles. The third-order valence-corrected chi connectivity index (χ3v) is 3.31. The summed E-state index contributed by atoms with van der Waals surface area (Å²) in [5.41, 5.74) is 0.459. The van der Waals surface area contributed by atoms with Crippen LogP contribution in [-0.4, -0.2) is 25.0 Å². The Bertz CT molecular complexity index is 226. The van der Waals surface area contributed by atoms with E-state index < -0.39 is 0 Å². The van der Waals surface area contributed by atoms with Crippen LogP contribution in [0.3, 0.4) is 0 Å². The molecule has 2 atom stereocenters. The van der Waals surface area contributed by atoms with E-state index in [-0.39, 0.29) is 11.9 Å². The Hall–Kier alpha value is -0.570. The molecule has 1 aliphatic rings. The van der Waals surface area contributed by atoms with Gasteiger partial charge in [0.15, 0.2) is 0 Å². The molecule has 0 radical (unpaired) electrons. The van der Waals surface area contributed by atoms with Crippen molar-refractivity contribution in [3.8, 4) is 0 Å². The van der Waals surface area contributed by atoms with Crippen molar-refractivity contribution in [1.29, 1.82) is 0 Å². The standard InChI is InChI=1S/C12H24N2O/c1-5-13-9(2)6-11(15)14-8-10-7-12(10,3)4/h9-10,13H,5-8H2,1-4H3,(H,14,15). The minimum atomic E-state index is 0.172. The second-order valence-electron chi connectivity index (χ2n) is 5.36. The van der Waals surface area contributed by atoms with Gasteiger partial charge in [-0.15, -0.1) is 0 Å². The summed E-state index contributed by atoms with van der Waals surface area (Å²) in [5, 5.41) is 6.25. The van der Waals surface area contributed by atoms with Crippen molar-refractivity contribution in [2.75, 3.05) is 13.1 Å². The summed E-state index contributed by atoms with van der Waals surface area (Å²) >= 11 is 0. The average Bonchev–Trinajstić information content (AvgIpc) is 2.71. The number of rotatable bonds is 6. The van der Waals surface area contributed by atoms with Crippen LogP contribution >= 0.6 is 0 Å². The van der Waals surface area contributed by atoms with Gasteiger partial charge in [0.25, 0.3) is 0 Å². The van der Waals surface area contributed by atoms with Crippen molar-refractivity contribution in [1.82, 2.24) is 10.6 Å². The molecule has 0 aliphatic heterocycles. The van der Waals surface area contributed by atoms with Crippen molar-refractivity contribution in [3.05, 3.63) is 0 Å². The van der Waals surface area contributed by atoms with Crippen molar-refractivity contribution < 1.29 is 4.79 Å². The van der Waals surface area contributed by atoms with Crippen LogP contribution in [0.1, 0.15) is 40.5 Å². The maximum atomic E-state index is 11.5. The van der Waals surface area contributed by atoms with Crippen LogP contribution in [0.4, 0.5) is 0 Å². The highest BCUT2D eigenvalue weighted by molar-refractivity contribution is 5.76. The molecule has 88 valence electrons. The Morgan fingerprint density at radius 2 is 2.13 bits per heavy atom. The Kier molecular flexibility index (Phi) is 4.14. The van der Waals surface area contributed by atoms with Crippen LogP contribution in [-0.2, 0) is 4.79 Å². The summed E-state index contributed by atoms with van der Waals surface area (Å²) in [6.45, 7) is 10.4. The molecule has 1 aliphatic carbocycles. The molecule has 15 heavy (non-hydrogen) atoms. The van der Waals surface area contributed by atoms with E-state index in [1.54, 1.807) is 0 Å². The summed E-state index contributed by atoms with van der Waals surface area (Å²) in [7, 11) is 0. The van der Waals surface area contributed by atoms with E-state index in [0.29, 0.717) is 17.8 Å². The van der Waals surface area contributed by atoms with Gasteiger partial charge in [0.1, 0.15) is 0 Å². The quantitative estimate of drug-likeness (QED) is 0.701. The Balaban J connectivity index is 2.09. The molecule has 0 aromatic rings. The fourth-order valence-electron chi connectivity index (χ4n) is 1.93. The molecular weight excluding hydrogens is 188 g/mol. The second-order valence-corrected chi connectivity index (χ2v) is 5.36. The van der Waals surface area contributed by atoms with Crippen molar-refractivity contribution in [2.45, 2.75) is 46.6 Å². The zero-order valence-electron chi connectivity index (χ0n) is 10.4. The molecule has 2 unspecified atom stereocenters. The van der Waals surface area contributed by atoms with Gasteiger partial charge in [-0.2, -0.15) is 0 Å². The van der Waals surface area contributed by atoms with Crippen molar-refractivity contribution in [2.24, 2.45) is 11.3 Å². The van der Waals surface area contributed by atoms with Gasteiger partial charge < -0.3 is 10.6 Å². The van der Waals surface area contributed by atoms with E-state index in [1.807, 2.05) is 6.92 Å². The highest BCUT2D eigenvalue weighted by atomic mass is 16.1. The predicted molar refractivity (Wildman–Crippen MR) is 62.7 cm³/mol. The van der Waals surface area contributed by atoms with Crippen molar-refractivity contribution in [3.63, 3.8) is 0 Å². The first kappa shape index (κ1) is 12.5. The lowest BCUT2D eigenvalue weighted by Crippen LogP contribution is -2.34. The van der Waals surface area contributed by atoms with Gasteiger partial charge in [0, 0.05) is 19.0 Å². The molecule has 3 nitrogen and oxygen atoms in total. The van der Waals surface area contributed by atoms with Gasteiger partial charge in [-0.1, -0.05) is 20.8 Å². The number of nitrogens with one attached hydrogen (secondary N) is 2. The van der Waals surface area contributed by atoms with Crippen LogP contribution in [0.15, 0.2) is 0 Å². The minimum absolute atomic E-state index is 0.172. The fourth-order valence-corrected chi connectivity index (χ4v) is 1.93. The zero-order chi connectivity index (χ0) is 11.5. The number of carbonyl (C=O) groups is 1. The lowest BCUT2D eigenvalue weighted by atomic mass is 10.1. The van der Waals surface area contributed by atoms with Gasteiger partial charge in [0.2, 0.25) is 5.91 Å². The lowest BCUT2D eigenvalue weighted by molar-refractivity contribution is -0.121. The Labute approximate surface area is 93.0 Å². The first-order valence-electron chi connectivity index (χ1n) is 5.95. The maximum Gasteiger partial charge on any atom is 0.221 e. The van der Waals surface area contributed by atoms with Gasteiger partial charge in [-0.3, -0.25) is 4.79 Å². The second kappa shape index (κ2) is 4.97. The smallest absolute Gasteiger partial charge is 0.221 e. The molecule has 1 saturated carbocycles. The highest BCUT2D eigenvalue weighted by Crippen LogP contribution is 2.50. The van der Waals surface area contributed by atoms with Gasteiger partial charge in [0.05, 0.1) is 0 Å². The molecule has 0 heterocycles. The van der Waals surface area contributed by atoms with Crippen LogP contribution in [0.5, 0.6) is 0 Å². The topological polar surface area (TPSA) is 41.1 Å². The molecule has 0 bridgehead atoms. The molecule has 0 spiro atoms. The SMILES string of the molecule is CCNC(C)CC(=O)NCC1CC1(C)C. The van der Waals surface area contributed by atoms with E-state index in [1.165, 1.54) is 6.42 Å². The molecule has 0 aromatic heterocycles. The molecule has 1 fully saturated rings. The largest absolute Gasteiger partial charge is 0.356 e. The van der Waals surface area contributed by atoms with Crippen LogP contribution in [0.25, 0.3) is 0 Å². The first-order chi connectivity index (χ1) is 6.95. The van der Waals surface area contributed by atoms with E-state index in [0.717, 1.165) is 13.1 Å². The summed E-state index contributed by atoms with van der Waals surface area (Å²) in [6, 6.07) is 0.280. The molecule has 1 amide bonds.